The van der Waals surface area contributed by atoms with Crippen LogP contribution in [0.15, 0.2) is 72.8 Å². The largest absolute Gasteiger partial charge is 0.352 e. The van der Waals surface area contributed by atoms with Crippen molar-refractivity contribution in [2.24, 2.45) is 0 Å². The molecule has 1 heterocycles. The summed E-state index contributed by atoms with van der Waals surface area (Å²) < 4.78 is 27.1. The van der Waals surface area contributed by atoms with Crippen molar-refractivity contribution < 1.29 is 18.4 Å². The first-order valence-electron chi connectivity index (χ1n) is 11.1. The Bertz CT molecular complexity index is 1130. The van der Waals surface area contributed by atoms with Crippen molar-refractivity contribution in [3.8, 4) is 11.1 Å². The molecule has 3 aromatic rings. The van der Waals surface area contributed by atoms with Crippen molar-refractivity contribution in [3.63, 3.8) is 0 Å². The quantitative estimate of drug-likeness (QED) is 0.514. The van der Waals surface area contributed by atoms with E-state index in [1.807, 2.05) is 18.2 Å². The average molecular weight is 449 g/mol. The third-order valence-electron chi connectivity index (χ3n) is 6.15. The van der Waals surface area contributed by atoms with E-state index in [0.29, 0.717) is 25.7 Å². The molecule has 1 aliphatic rings. The Morgan fingerprint density at radius 2 is 1.70 bits per heavy atom. The highest BCUT2D eigenvalue weighted by Gasteiger charge is 2.37. The minimum Gasteiger partial charge on any atom is -0.352 e. The number of benzene rings is 3. The summed E-state index contributed by atoms with van der Waals surface area (Å²) >= 11 is 0. The zero-order chi connectivity index (χ0) is 23.3. The number of hydrogen-bond donors (Lipinski definition) is 2. The van der Waals surface area contributed by atoms with Crippen LogP contribution in [0.1, 0.15) is 36.8 Å². The van der Waals surface area contributed by atoms with Crippen molar-refractivity contribution in [2.75, 3.05) is 0 Å². The smallest absolute Gasteiger partial charge is 0.220 e. The summed E-state index contributed by atoms with van der Waals surface area (Å²) in [6.07, 6.45) is 2.35. The van der Waals surface area contributed by atoms with Gasteiger partial charge in [0, 0.05) is 30.5 Å². The van der Waals surface area contributed by atoms with Gasteiger partial charge in [-0.05, 0) is 54.2 Å². The molecule has 4 nitrogen and oxygen atoms in total. The van der Waals surface area contributed by atoms with E-state index in [9.17, 15) is 18.4 Å². The van der Waals surface area contributed by atoms with Gasteiger partial charge in [-0.3, -0.25) is 9.59 Å². The van der Waals surface area contributed by atoms with Gasteiger partial charge in [-0.15, -0.1) is 0 Å². The van der Waals surface area contributed by atoms with E-state index in [1.54, 1.807) is 0 Å². The van der Waals surface area contributed by atoms with Crippen molar-refractivity contribution in [2.45, 2.75) is 44.2 Å². The predicted octanol–water partition coefficient (Wildman–Crippen LogP) is 4.92. The second kappa shape index (κ2) is 9.94. The molecule has 0 unspecified atom stereocenters. The number of carbonyl (C=O) groups excluding carboxylic acids is 2. The first kappa shape index (κ1) is 22.6. The SMILES string of the molecule is O=C(CC[C@@]1(Cc2ccc(-c3ccccc3)cc2)CCC(=O)N1)NCc1cc(F)ccc1F. The summed E-state index contributed by atoms with van der Waals surface area (Å²) in [5.74, 6) is -1.39. The van der Waals surface area contributed by atoms with Crippen LogP contribution in [0.4, 0.5) is 8.78 Å². The lowest BCUT2D eigenvalue weighted by molar-refractivity contribution is -0.122. The van der Waals surface area contributed by atoms with E-state index in [2.05, 4.69) is 47.0 Å². The Hall–Kier alpha value is -3.54. The highest BCUT2D eigenvalue weighted by Crippen LogP contribution is 2.30. The molecule has 1 saturated heterocycles. The van der Waals surface area contributed by atoms with Gasteiger partial charge in [0.2, 0.25) is 11.8 Å². The highest BCUT2D eigenvalue weighted by atomic mass is 19.1. The van der Waals surface area contributed by atoms with Crippen LogP contribution in [0, 0.1) is 11.6 Å². The molecule has 3 aromatic carbocycles. The van der Waals surface area contributed by atoms with Crippen LogP contribution in [0.3, 0.4) is 0 Å². The molecular weight excluding hydrogens is 422 g/mol. The van der Waals surface area contributed by atoms with E-state index >= 15 is 0 Å². The van der Waals surface area contributed by atoms with Gasteiger partial charge < -0.3 is 10.6 Å². The fourth-order valence-corrected chi connectivity index (χ4v) is 4.33. The molecule has 2 amide bonds. The number of halogens is 2. The second-order valence-corrected chi connectivity index (χ2v) is 8.58. The lowest BCUT2D eigenvalue weighted by atomic mass is 9.84. The molecule has 1 atom stereocenters. The summed E-state index contributed by atoms with van der Waals surface area (Å²) in [5.41, 5.74) is 2.95. The third-order valence-corrected chi connectivity index (χ3v) is 6.15. The van der Waals surface area contributed by atoms with Gasteiger partial charge in [-0.1, -0.05) is 54.6 Å². The summed E-state index contributed by atoms with van der Waals surface area (Å²) in [6.45, 7) is -0.0806. The minimum absolute atomic E-state index is 0.0156. The first-order valence-corrected chi connectivity index (χ1v) is 11.1. The number of carbonyl (C=O) groups is 2. The topological polar surface area (TPSA) is 58.2 Å². The second-order valence-electron chi connectivity index (χ2n) is 8.58. The lowest BCUT2D eigenvalue weighted by Gasteiger charge is -2.29. The summed E-state index contributed by atoms with van der Waals surface area (Å²) in [7, 11) is 0. The fourth-order valence-electron chi connectivity index (χ4n) is 4.33. The maximum Gasteiger partial charge on any atom is 0.220 e. The lowest BCUT2D eigenvalue weighted by Crippen LogP contribution is -2.44. The molecule has 0 spiro atoms. The number of hydrogen-bond acceptors (Lipinski definition) is 2. The molecule has 0 radical (unpaired) electrons. The zero-order valence-electron chi connectivity index (χ0n) is 18.2. The molecule has 1 fully saturated rings. The van der Waals surface area contributed by atoms with Crippen LogP contribution >= 0.6 is 0 Å². The maximum atomic E-state index is 13.8. The molecule has 170 valence electrons. The van der Waals surface area contributed by atoms with Gasteiger partial charge in [0.05, 0.1) is 0 Å². The van der Waals surface area contributed by atoms with Crippen molar-refractivity contribution >= 4 is 11.8 Å². The molecule has 4 rings (SSSR count). The third kappa shape index (κ3) is 5.83. The molecular formula is C27H26F2N2O2. The minimum atomic E-state index is -0.560. The Labute approximate surface area is 192 Å². The summed E-state index contributed by atoms with van der Waals surface area (Å²) in [4.78, 5) is 24.4. The van der Waals surface area contributed by atoms with Crippen molar-refractivity contribution in [1.82, 2.24) is 10.6 Å². The van der Waals surface area contributed by atoms with Gasteiger partial charge >= 0.3 is 0 Å². The van der Waals surface area contributed by atoms with Crippen LogP contribution in [-0.4, -0.2) is 17.4 Å². The Balaban J connectivity index is 1.37. The van der Waals surface area contributed by atoms with Crippen LogP contribution in [0.25, 0.3) is 11.1 Å². The first-order chi connectivity index (χ1) is 15.9. The Morgan fingerprint density at radius 3 is 2.39 bits per heavy atom. The van der Waals surface area contributed by atoms with Crippen molar-refractivity contribution in [1.29, 1.82) is 0 Å². The molecule has 2 N–H and O–H groups in total. The molecule has 0 bridgehead atoms. The highest BCUT2D eigenvalue weighted by molar-refractivity contribution is 5.80. The number of amides is 2. The van der Waals surface area contributed by atoms with E-state index in [1.165, 1.54) is 0 Å². The van der Waals surface area contributed by atoms with Gasteiger partial charge in [0.25, 0.3) is 0 Å². The van der Waals surface area contributed by atoms with Gasteiger partial charge in [-0.2, -0.15) is 0 Å². The van der Waals surface area contributed by atoms with E-state index in [0.717, 1.165) is 34.9 Å². The summed E-state index contributed by atoms with van der Waals surface area (Å²) in [6, 6.07) is 21.5. The maximum absolute atomic E-state index is 13.8. The molecule has 33 heavy (non-hydrogen) atoms. The number of nitrogens with one attached hydrogen (secondary N) is 2. The van der Waals surface area contributed by atoms with Crippen LogP contribution in [0.2, 0.25) is 0 Å². The van der Waals surface area contributed by atoms with Crippen molar-refractivity contribution in [3.05, 3.63) is 95.6 Å². The van der Waals surface area contributed by atoms with E-state index in [-0.39, 0.29) is 30.3 Å². The van der Waals surface area contributed by atoms with Crippen LogP contribution in [-0.2, 0) is 22.6 Å². The predicted molar refractivity (Wildman–Crippen MR) is 123 cm³/mol. The Morgan fingerprint density at radius 1 is 0.970 bits per heavy atom. The molecule has 0 aliphatic carbocycles. The monoisotopic (exact) mass is 448 g/mol. The van der Waals surface area contributed by atoms with Gasteiger partial charge in [-0.25, -0.2) is 8.78 Å². The molecule has 6 heteroatoms. The average Bonchev–Trinajstić information content (AvgIpc) is 3.19. The zero-order valence-corrected chi connectivity index (χ0v) is 18.2. The van der Waals surface area contributed by atoms with Crippen LogP contribution < -0.4 is 10.6 Å². The summed E-state index contributed by atoms with van der Waals surface area (Å²) in [5, 5.41) is 5.73. The van der Waals surface area contributed by atoms with E-state index in [4.69, 9.17) is 0 Å². The number of rotatable bonds is 8. The molecule has 0 saturated carbocycles. The molecule has 1 aliphatic heterocycles. The normalized spacial score (nSPS) is 17.6. The molecule has 0 aromatic heterocycles. The van der Waals surface area contributed by atoms with Gasteiger partial charge in [0.15, 0.2) is 0 Å². The van der Waals surface area contributed by atoms with Crippen LogP contribution in [0.5, 0.6) is 0 Å². The Kier molecular flexibility index (Phi) is 6.82. The van der Waals surface area contributed by atoms with E-state index < -0.39 is 17.2 Å². The van der Waals surface area contributed by atoms with Gasteiger partial charge in [0.1, 0.15) is 11.6 Å². The standard InChI is InChI=1S/C27H26F2N2O2/c28-23-10-11-24(29)22(16-23)18-30-25(32)12-14-27(15-13-26(33)31-27)17-19-6-8-21(9-7-19)20-4-2-1-3-5-20/h1-11,16H,12-15,17-18H2,(H,30,32)(H,31,33)/t27-/m0/s1. The fraction of sp³-hybridized carbons (Fsp3) is 0.259.